The average Bonchev–Trinajstić information content (AvgIpc) is 3.28. The lowest BCUT2D eigenvalue weighted by Gasteiger charge is -2.08. The number of rotatable bonds is 10. The highest BCUT2D eigenvalue weighted by molar-refractivity contribution is 9.10. The Labute approximate surface area is 197 Å². The zero-order valence-corrected chi connectivity index (χ0v) is 18.9. The summed E-state index contributed by atoms with van der Waals surface area (Å²) in [6.07, 6.45) is 2.30. The lowest BCUT2D eigenvalue weighted by Crippen LogP contribution is -2.19. The summed E-state index contributed by atoms with van der Waals surface area (Å²) in [4.78, 5) is 15.7. The minimum Gasteiger partial charge on any atom is -0.409 e. The summed E-state index contributed by atoms with van der Waals surface area (Å²) in [5.74, 6) is -0.419. The molecule has 0 atom stereocenters. The van der Waals surface area contributed by atoms with Gasteiger partial charge in [0.25, 0.3) is 5.91 Å². The van der Waals surface area contributed by atoms with Crippen LogP contribution in [-0.4, -0.2) is 46.7 Å². The molecule has 0 aliphatic carbocycles. The molecule has 10 nitrogen and oxygen atoms in total. The van der Waals surface area contributed by atoms with Crippen molar-refractivity contribution in [3.63, 3.8) is 0 Å². The van der Waals surface area contributed by atoms with Crippen molar-refractivity contribution in [2.75, 3.05) is 23.7 Å². The first kappa shape index (κ1) is 23.9. The van der Waals surface area contributed by atoms with Crippen LogP contribution in [0.1, 0.15) is 17.7 Å². The van der Waals surface area contributed by atoms with Gasteiger partial charge in [-0.1, -0.05) is 35.5 Å². The minimum atomic E-state index is -0.423. The van der Waals surface area contributed by atoms with E-state index < -0.39 is 5.82 Å². The van der Waals surface area contributed by atoms with E-state index in [4.69, 9.17) is 4.63 Å². The standard InChI is InChI=1S/C21H21BrFN7O3/c22-16-12-15(7-8-17(16)23)27-21(28-32)19-20(30-33-29-19)25-10-4-9-24-13-26-18(31)11-14-5-2-1-3-6-14/h1-3,5-8,12-13,32H,4,9-11H2,(H,25,30)(H,27,28)(H,24,26,31). The van der Waals surface area contributed by atoms with Gasteiger partial charge in [-0.05, 0) is 56.4 Å². The average molecular weight is 518 g/mol. The number of benzene rings is 2. The second-order valence-electron chi connectivity index (χ2n) is 6.71. The molecule has 0 bridgehead atoms. The zero-order valence-electron chi connectivity index (χ0n) is 17.3. The van der Waals surface area contributed by atoms with Crippen molar-refractivity contribution in [1.29, 1.82) is 0 Å². The molecule has 12 heteroatoms. The van der Waals surface area contributed by atoms with Crippen molar-refractivity contribution >= 4 is 45.5 Å². The summed E-state index contributed by atoms with van der Waals surface area (Å²) in [7, 11) is 0. The molecule has 0 saturated carbocycles. The summed E-state index contributed by atoms with van der Waals surface area (Å²) < 4.78 is 18.4. The van der Waals surface area contributed by atoms with Crippen LogP contribution in [0.3, 0.4) is 0 Å². The highest BCUT2D eigenvalue weighted by Gasteiger charge is 2.17. The van der Waals surface area contributed by atoms with E-state index in [0.29, 0.717) is 25.2 Å². The topological polar surface area (TPSA) is 137 Å². The van der Waals surface area contributed by atoms with Crippen LogP contribution in [0.25, 0.3) is 0 Å². The van der Waals surface area contributed by atoms with E-state index >= 15 is 0 Å². The lowest BCUT2D eigenvalue weighted by molar-refractivity contribution is -0.117. The molecule has 1 amide bonds. The predicted molar refractivity (Wildman–Crippen MR) is 125 cm³/mol. The molecule has 1 heterocycles. The molecule has 3 rings (SSSR count). The van der Waals surface area contributed by atoms with Gasteiger partial charge >= 0.3 is 0 Å². The number of halogens is 2. The van der Waals surface area contributed by atoms with Crippen LogP contribution < -0.4 is 16.0 Å². The Balaban J connectivity index is 1.42. The van der Waals surface area contributed by atoms with Crippen LogP contribution in [0.4, 0.5) is 15.9 Å². The van der Waals surface area contributed by atoms with Crippen LogP contribution in [0.5, 0.6) is 0 Å². The first-order valence-electron chi connectivity index (χ1n) is 9.90. The van der Waals surface area contributed by atoms with E-state index in [1.807, 2.05) is 30.3 Å². The number of hydrogen-bond donors (Lipinski definition) is 4. The third kappa shape index (κ3) is 7.38. The van der Waals surface area contributed by atoms with Crippen molar-refractivity contribution in [3.05, 3.63) is 70.1 Å². The zero-order chi connectivity index (χ0) is 23.5. The van der Waals surface area contributed by atoms with Gasteiger partial charge < -0.3 is 21.2 Å². The highest BCUT2D eigenvalue weighted by Crippen LogP contribution is 2.21. The number of nitrogens with one attached hydrogen (secondary N) is 3. The maximum Gasteiger partial charge on any atom is 0.251 e. The maximum absolute atomic E-state index is 13.4. The van der Waals surface area contributed by atoms with E-state index in [2.05, 4.69) is 52.3 Å². The third-order valence-electron chi connectivity index (χ3n) is 4.28. The Hall–Kier alpha value is -3.80. The van der Waals surface area contributed by atoms with Crippen LogP contribution in [-0.2, 0) is 11.2 Å². The SMILES string of the molecule is O=C(Cc1ccccc1)/N=C/NCCCNc1nonc1/C(=N/O)Nc1ccc(F)c(Br)c1. The molecule has 2 aromatic carbocycles. The molecular weight excluding hydrogens is 497 g/mol. The third-order valence-corrected chi connectivity index (χ3v) is 4.89. The molecule has 0 spiro atoms. The van der Waals surface area contributed by atoms with E-state index in [-0.39, 0.29) is 34.1 Å². The number of carbonyl (C=O) groups is 1. The Kier molecular flexibility index (Phi) is 8.88. The van der Waals surface area contributed by atoms with Crippen LogP contribution in [0.2, 0.25) is 0 Å². The van der Waals surface area contributed by atoms with Gasteiger partial charge in [0.1, 0.15) is 5.82 Å². The van der Waals surface area contributed by atoms with E-state index in [9.17, 15) is 14.4 Å². The number of hydrogen-bond acceptors (Lipinski definition) is 7. The largest absolute Gasteiger partial charge is 0.409 e. The van der Waals surface area contributed by atoms with E-state index in [1.54, 1.807) is 0 Å². The van der Waals surface area contributed by atoms with Crippen LogP contribution in [0, 0.1) is 5.82 Å². The number of nitrogens with zero attached hydrogens (tertiary/aromatic N) is 4. The van der Waals surface area contributed by atoms with Crippen molar-refractivity contribution < 1.29 is 19.0 Å². The summed E-state index contributed by atoms with van der Waals surface area (Å²) in [6, 6.07) is 13.6. The minimum absolute atomic E-state index is 0.0283. The van der Waals surface area contributed by atoms with Gasteiger partial charge in [-0.25, -0.2) is 14.0 Å². The summed E-state index contributed by atoms with van der Waals surface area (Å²) in [5, 5.41) is 28.9. The fourth-order valence-corrected chi connectivity index (χ4v) is 3.08. The number of anilines is 2. The first-order valence-corrected chi connectivity index (χ1v) is 10.7. The van der Waals surface area contributed by atoms with Crippen molar-refractivity contribution in [1.82, 2.24) is 15.6 Å². The molecule has 0 fully saturated rings. The van der Waals surface area contributed by atoms with Gasteiger partial charge in [0.05, 0.1) is 17.2 Å². The number of carbonyl (C=O) groups excluding carboxylic acids is 1. The van der Waals surface area contributed by atoms with Crippen LogP contribution >= 0.6 is 15.9 Å². The molecule has 1 aromatic heterocycles. The fourth-order valence-electron chi connectivity index (χ4n) is 2.70. The molecule has 0 aliphatic heterocycles. The molecule has 3 aromatic rings. The Morgan fingerprint density at radius 1 is 1.18 bits per heavy atom. The second kappa shape index (κ2) is 12.3. The first-order chi connectivity index (χ1) is 16.1. The normalized spacial score (nSPS) is 11.5. The van der Waals surface area contributed by atoms with Gasteiger partial charge in [0.15, 0.2) is 5.69 Å². The van der Waals surface area contributed by atoms with E-state index in [1.165, 1.54) is 24.5 Å². The molecule has 172 valence electrons. The molecule has 0 unspecified atom stereocenters. The summed E-state index contributed by atoms with van der Waals surface area (Å²) >= 11 is 3.09. The molecule has 4 N–H and O–H groups in total. The highest BCUT2D eigenvalue weighted by atomic mass is 79.9. The van der Waals surface area contributed by atoms with Crippen LogP contribution in [0.15, 0.2) is 67.8 Å². The lowest BCUT2D eigenvalue weighted by atomic mass is 10.1. The van der Waals surface area contributed by atoms with Crippen molar-refractivity contribution in [2.45, 2.75) is 12.8 Å². The van der Waals surface area contributed by atoms with Gasteiger partial charge in [-0.3, -0.25) is 4.79 Å². The Morgan fingerprint density at radius 3 is 2.76 bits per heavy atom. The predicted octanol–water partition coefficient (Wildman–Crippen LogP) is 3.41. The number of oxime groups is 1. The second-order valence-corrected chi connectivity index (χ2v) is 7.57. The summed E-state index contributed by atoms with van der Waals surface area (Å²) in [6.45, 7) is 1.04. The number of amidine groups is 1. The monoisotopic (exact) mass is 517 g/mol. The molecule has 0 radical (unpaired) electrons. The number of aromatic nitrogens is 2. The fraction of sp³-hybridized carbons (Fsp3) is 0.190. The molecule has 0 aliphatic rings. The smallest absolute Gasteiger partial charge is 0.251 e. The molecular formula is C21H21BrFN7O3. The number of aliphatic imine (C=N–C) groups is 1. The van der Waals surface area contributed by atoms with Crippen molar-refractivity contribution in [2.24, 2.45) is 10.1 Å². The molecule has 33 heavy (non-hydrogen) atoms. The van der Waals surface area contributed by atoms with Crippen molar-refractivity contribution in [3.8, 4) is 0 Å². The van der Waals surface area contributed by atoms with Gasteiger partial charge in [-0.15, -0.1) is 0 Å². The summed E-state index contributed by atoms with van der Waals surface area (Å²) in [5.41, 5.74) is 1.53. The van der Waals surface area contributed by atoms with Gasteiger partial charge in [0.2, 0.25) is 11.7 Å². The molecule has 0 saturated heterocycles. The Bertz CT molecular complexity index is 1120. The number of amides is 1. The van der Waals surface area contributed by atoms with Gasteiger partial charge in [0, 0.05) is 18.8 Å². The Morgan fingerprint density at radius 2 is 2.00 bits per heavy atom. The quantitative estimate of drug-likeness (QED) is 0.105. The maximum atomic E-state index is 13.4. The van der Waals surface area contributed by atoms with E-state index in [0.717, 1.165) is 5.56 Å². The van der Waals surface area contributed by atoms with Gasteiger partial charge in [-0.2, -0.15) is 0 Å².